The van der Waals surface area contributed by atoms with Gasteiger partial charge < -0.3 is 14.2 Å². The second-order valence-corrected chi connectivity index (χ2v) is 10.3. The van der Waals surface area contributed by atoms with Crippen LogP contribution in [0.1, 0.15) is 23.7 Å². The second kappa shape index (κ2) is 10.8. The fourth-order valence-electron chi connectivity index (χ4n) is 4.61. The molecule has 4 aromatic rings. The van der Waals surface area contributed by atoms with Gasteiger partial charge in [-0.1, -0.05) is 33.3 Å². The molecular weight excluding hydrogens is 622 g/mol. The zero-order valence-corrected chi connectivity index (χ0v) is 22.8. The Morgan fingerprint density at radius 1 is 1.05 bits per heavy atom. The zero-order valence-electron chi connectivity index (χ0n) is 21.2. The van der Waals surface area contributed by atoms with Crippen molar-refractivity contribution in [2.24, 2.45) is 0 Å². The van der Waals surface area contributed by atoms with E-state index in [0.717, 1.165) is 0 Å². The molecule has 0 N–H and O–H groups in total. The summed E-state index contributed by atoms with van der Waals surface area (Å²) in [6, 6.07) is 8.06. The van der Waals surface area contributed by atoms with Crippen LogP contribution < -0.4 is 9.64 Å². The second-order valence-electron chi connectivity index (χ2n) is 9.42. The SMILES string of the molecule is Cc1cn(-c2ccc(-c3cn(C4CCc5c(Br)cccc5N(CC(F)(F)F)C4=O)nn3)cc2OCC(F)(F)F)cn1. The van der Waals surface area contributed by atoms with Gasteiger partial charge in [-0.3, -0.25) is 4.79 Å². The van der Waals surface area contributed by atoms with Gasteiger partial charge in [0.25, 0.3) is 5.91 Å². The topological polar surface area (TPSA) is 78.1 Å². The largest absolute Gasteiger partial charge is 0.482 e. The minimum atomic E-state index is -4.65. The van der Waals surface area contributed by atoms with Gasteiger partial charge in [0.2, 0.25) is 0 Å². The van der Waals surface area contributed by atoms with Gasteiger partial charge in [-0.2, -0.15) is 26.3 Å². The van der Waals surface area contributed by atoms with Crippen molar-refractivity contribution < 1.29 is 35.9 Å². The lowest BCUT2D eigenvalue weighted by molar-refractivity contribution is -0.153. The Kier molecular flexibility index (Phi) is 7.57. The molecule has 0 fully saturated rings. The highest BCUT2D eigenvalue weighted by Gasteiger charge is 2.40. The van der Waals surface area contributed by atoms with Crippen LogP contribution in [0.5, 0.6) is 5.75 Å². The van der Waals surface area contributed by atoms with Crippen molar-refractivity contribution in [3.05, 3.63) is 70.8 Å². The van der Waals surface area contributed by atoms with E-state index in [9.17, 15) is 31.1 Å². The highest BCUT2D eigenvalue weighted by Crippen LogP contribution is 2.38. The third-order valence-electron chi connectivity index (χ3n) is 6.41. The van der Waals surface area contributed by atoms with Crippen LogP contribution in [0.25, 0.3) is 16.9 Å². The molecule has 41 heavy (non-hydrogen) atoms. The first-order chi connectivity index (χ1) is 19.3. The molecule has 2 aromatic heterocycles. The van der Waals surface area contributed by atoms with Crippen molar-refractivity contribution >= 4 is 27.5 Å². The average Bonchev–Trinajstić information content (AvgIpc) is 3.52. The maximum Gasteiger partial charge on any atom is 0.422 e. The van der Waals surface area contributed by atoms with Gasteiger partial charge >= 0.3 is 12.4 Å². The molecule has 0 radical (unpaired) electrons. The van der Waals surface area contributed by atoms with Crippen molar-refractivity contribution in [3.63, 3.8) is 0 Å². The minimum absolute atomic E-state index is 0.103. The number of halogens is 7. The van der Waals surface area contributed by atoms with Crippen molar-refractivity contribution in [2.75, 3.05) is 18.1 Å². The highest BCUT2D eigenvalue weighted by atomic mass is 79.9. The Labute approximate surface area is 237 Å². The summed E-state index contributed by atoms with van der Waals surface area (Å²) >= 11 is 3.37. The molecule has 0 saturated carbocycles. The molecule has 1 amide bonds. The summed E-state index contributed by atoms with van der Waals surface area (Å²) in [7, 11) is 0. The molecule has 0 spiro atoms. The smallest absolute Gasteiger partial charge is 0.422 e. The number of hydrogen-bond donors (Lipinski definition) is 0. The summed E-state index contributed by atoms with van der Waals surface area (Å²) in [5.41, 5.74) is 2.17. The molecule has 3 heterocycles. The molecular formula is C26H21BrF6N6O2. The lowest BCUT2D eigenvalue weighted by Gasteiger charge is -2.27. The lowest BCUT2D eigenvalue weighted by Crippen LogP contribution is -2.42. The number of nitrogens with zero attached hydrogens (tertiary/aromatic N) is 6. The number of carbonyl (C=O) groups is 1. The van der Waals surface area contributed by atoms with Gasteiger partial charge in [-0.15, -0.1) is 5.10 Å². The Morgan fingerprint density at radius 3 is 2.51 bits per heavy atom. The number of ether oxygens (including phenoxy) is 1. The number of fused-ring (bicyclic) bond motifs is 1. The fraction of sp³-hybridized carbons (Fsp3) is 0.308. The fourth-order valence-corrected chi connectivity index (χ4v) is 5.17. The van der Waals surface area contributed by atoms with Crippen LogP contribution in [0.3, 0.4) is 0 Å². The van der Waals surface area contributed by atoms with Crippen LogP contribution in [0, 0.1) is 6.92 Å². The van der Waals surface area contributed by atoms with Crippen LogP contribution in [0.2, 0.25) is 0 Å². The van der Waals surface area contributed by atoms with Crippen LogP contribution in [0.15, 0.2) is 59.6 Å². The monoisotopic (exact) mass is 642 g/mol. The van der Waals surface area contributed by atoms with Crippen molar-refractivity contribution in [1.29, 1.82) is 0 Å². The first-order valence-corrected chi connectivity index (χ1v) is 13.0. The van der Waals surface area contributed by atoms with Gasteiger partial charge in [0.1, 0.15) is 24.0 Å². The standard InChI is InChI=1S/C26H21BrF6N6O2/c1-15-10-37(14-34-15)21-7-5-16(9-23(21)41-13-26(31,32)33)19-11-39(36-35-19)22-8-6-17-18(27)3-2-4-20(17)38(24(22)40)12-25(28,29)30/h2-5,7,9-11,14,22H,6,8,12-13H2,1H3. The van der Waals surface area contributed by atoms with Crippen molar-refractivity contribution in [3.8, 4) is 22.7 Å². The number of benzene rings is 2. The summed E-state index contributed by atoms with van der Waals surface area (Å²) in [6.45, 7) is -1.30. The molecule has 216 valence electrons. The molecule has 8 nitrogen and oxygen atoms in total. The van der Waals surface area contributed by atoms with E-state index >= 15 is 0 Å². The van der Waals surface area contributed by atoms with Crippen LogP contribution >= 0.6 is 15.9 Å². The number of aryl methyl sites for hydroxylation is 1. The molecule has 2 aromatic carbocycles. The van der Waals surface area contributed by atoms with E-state index in [-0.39, 0.29) is 30.0 Å². The Morgan fingerprint density at radius 2 is 1.83 bits per heavy atom. The van der Waals surface area contributed by atoms with Crippen molar-refractivity contribution in [2.45, 2.75) is 38.2 Å². The van der Waals surface area contributed by atoms with E-state index in [1.165, 1.54) is 40.0 Å². The van der Waals surface area contributed by atoms with Gasteiger partial charge in [0, 0.05) is 21.9 Å². The predicted octanol–water partition coefficient (Wildman–Crippen LogP) is 6.23. The third kappa shape index (κ3) is 6.39. The van der Waals surface area contributed by atoms with Crippen LogP contribution in [-0.2, 0) is 11.2 Å². The minimum Gasteiger partial charge on any atom is -0.482 e. The zero-order chi connectivity index (χ0) is 29.5. The number of anilines is 1. The number of aromatic nitrogens is 5. The molecule has 0 saturated heterocycles. The first kappa shape index (κ1) is 28.6. The van der Waals surface area contributed by atoms with E-state index < -0.39 is 37.5 Å². The number of rotatable bonds is 6. The number of amides is 1. The van der Waals surface area contributed by atoms with E-state index in [1.807, 2.05) is 0 Å². The Bertz CT molecular complexity index is 1580. The highest BCUT2D eigenvalue weighted by molar-refractivity contribution is 9.10. The lowest BCUT2D eigenvalue weighted by atomic mass is 10.1. The summed E-state index contributed by atoms with van der Waals surface area (Å²) in [4.78, 5) is 18.3. The van der Waals surface area contributed by atoms with Gasteiger partial charge in [-0.25, -0.2) is 9.67 Å². The number of alkyl halides is 6. The normalized spacial score (nSPS) is 16.0. The van der Waals surface area contributed by atoms with E-state index in [4.69, 9.17) is 4.74 Å². The van der Waals surface area contributed by atoms with Crippen LogP contribution in [-0.4, -0.2) is 56.0 Å². The van der Waals surface area contributed by atoms with Crippen LogP contribution in [0.4, 0.5) is 32.0 Å². The first-order valence-electron chi connectivity index (χ1n) is 12.2. The quantitative estimate of drug-likeness (QED) is 0.233. The molecule has 0 bridgehead atoms. The number of imidazole rings is 1. The number of hydrogen-bond acceptors (Lipinski definition) is 5. The molecule has 0 aliphatic carbocycles. The maximum absolute atomic E-state index is 13.5. The molecule has 5 rings (SSSR count). The number of carbonyl (C=O) groups excluding carboxylic acids is 1. The molecule has 1 aliphatic heterocycles. The van der Waals surface area contributed by atoms with E-state index in [2.05, 4.69) is 31.2 Å². The Hall–Kier alpha value is -3.88. The summed E-state index contributed by atoms with van der Waals surface area (Å²) in [5.74, 6) is -0.912. The van der Waals surface area contributed by atoms with Crippen molar-refractivity contribution in [1.82, 2.24) is 24.5 Å². The van der Waals surface area contributed by atoms with Gasteiger partial charge in [0.15, 0.2) is 6.61 Å². The summed E-state index contributed by atoms with van der Waals surface area (Å²) < 4.78 is 87.7. The average molecular weight is 643 g/mol. The Balaban J connectivity index is 1.48. The van der Waals surface area contributed by atoms with Gasteiger partial charge in [-0.05, 0) is 49.6 Å². The van der Waals surface area contributed by atoms with Gasteiger partial charge in [0.05, 0.1) is 23.9 Å². The molecule has 15 heteroatoms. The van der Waals surface area contributed by atoms with E-state index in [0.29, 0.717) is 31.9 Å². The summed E-state index contributed by atoms with van der Waals surface area (Å²) in [5, 5.41) is 8.08. The predicted molar refractivity (Wildman–Crippen MR) is 139 cm³/mol. The third-order valence-corrected chi connectivity index (χ3v) is 7.15. The maximum atomic E-state index is 13.5. The molecule has 1 aliphatic rings. The molecule has 1 unspecified atom stereocenters. The molecule has 1 atom stereocenters. The summed E-state index contributed by atoms with van der Waals surface area (Å²) in [6.07, 6.45) is -4.39. The van der Waals surface area contributed by atoms with E-state index in [1.54, 1.807) is 31.3 Å².